The van der Waals surface area contributed by atoms with Gasteiger partial charge in [-0.3, -0.25) is 0 Å². The Morgan fingerprint density at radius 3 is 2.44 bits per heavy atom. The van der Waals surface area contributed by atoms with E-state index in [-0.39, 0.29) is 0 Å². The maximum atomic E-state index is 2.64. The maximum absolute atomic E-state index is 2.64. The SMILES string of the molecule is CCC1=CC(CC)CCC1C(C)CC1CCCC1. The first kappa shape index (κ1) is 14.2. The summed E-state index contributed by atoms with van der Waals surface area (Å²) in [6.07, 6.45) is 15.7. The molecule has 0 heterocycles. The van der Waals surface area contributed by atoms with Crippen molar-refractivity contribution in [3.05, 3.63) is 11.6 Å². The third-order valence-corrected chi connectivity index (χ3v) is 5.57. The van der Waals surface area contributed by atoms with Gasteiger partial charge in [-0.2, -0.15) is 0 Å². The molecule has 0 aromatic rings. The monoisotopic (exact) mass is 248 g/mol. The minimum atomic E-state index is 0.884. The second kappa shape index (κ2) is 6.78. The van der Waals surface area contributed by atoms with Gasteiger partial charge in [0.2, 0.25) is 0 Å². The zero-order valence-corrected chi connectivity index (χ0v) is 12.8. The van der Waals surface area contributed by atoms with Crippen molar-refractivity contribution >= 4 is 0 Å². The van der Waals surface area contributed by atoms with E-state index in [0.717, 1.165) is 23.7 Å². The summed E-state index contributed by atoms with van der Waals surface area (Å²) in [7, 11) is 0. The van der Waals surface area contributed by atoms with Crippen molar-refractivity contribution < 1.29 is 0 Å². The molecule has 2 rings (SSSR count). The Labute approximate surface area is 114 Å². The molecule has 18 heavy (non-hydrogen) atoms. The Morgan fingerprint density at radius 2 is 1.83 bits per heavy atom. The Bertz CT molecular complexity index is 270. The lowest BCUT2D eigenvalue weighted by Gasteiger charge is -2.33. The second-order valence-electron chi connectivity index (χ2n) is 6.81. The fraction of sp³-hybridized carbons (Fsp3) is 0.889. The van der Waals surface area contributed by atoms with E-state index < -0.39 is 0 Å². The summed E-state index contributed by atoms with van der Waals surface area (Å²) in [5.41, 5.74) is 1.79. The Kier molecular flexibility index (Phi) is 5.33. The van der Waals surface area contributed by atoms with E-state index >= 15 is 0 Å². The van der Waals surface area contributed by atoms with E-state index in [1.807, 2.05) is 0 Å². The number of hydrogen-bond donors (Lipinski definition) is 0. The standard InChI is InChI=1S/C18H32/c1-4-15-10-11-18(17(5-2)13-15)14(3)12-16-8-6-7-9-16/h13-16,18H,4-12H2,1-3H3. The molecule has 0 heteroatoms. The van der Waals surface area contributed by atoms with Crippen molar-refractivity contribution in [2.45, 2.75) is 78.6 Å². The molecule has 0 aromatic heterocycles. The molecule has 0 amide bonds. The van der Waals surface area contributed by atoms with Crippen molar-refractivity contribution in [1.82, 2.24) is 0 Å². The van der Waals surface area contributed by atoms with Gasteiger partial charge >= 0.3 is 0 Å². The van der Waals surface area contributed by atoms with E-state index in [4.69, 9.17) is 0 Å². The summed E-state index contributed by atoms with van der Waals surface area (Å²) in [4.78, 5) is 0. The molecule has 104 valence electrons. The molecule has 1 saturated carbocycles. The van der Waals surface area contributed by atoms with Crippen LogP contribution in [0, 0.1) is 23.7 Å². The lowest BCUT2D eigenvalue weighted by Crippen LogP contribution is -2.22. The zero-order valence-electron chi connectivity index (χ0n) is 12.8. The normalized spacial score (nSPS) is 31.4. The quantitative estimate of drug-likeness (QED) is 0.525. The van der Waals surface area contributed by atoms with Crippen LogP contribution in [0.15, 0.2) is 11.6 Å². The highest BCUT2D eigenvalue weighted by molar-refractivity contribution is 5.13. The first-order valence-corrected chi connectivity index (χ1v) is 8.45. The molecule has 0 nitrogen and oxygen atoms in total. The van der Waals surface area contributed by atoms with Crippen LogP contribution in [0.1, 0.15) is 78.6 Å². The second-order valence-corrected chi connectivity index (χ2v) is 6.81. The van der Waals surface area contributed by atoms with Crippen molar-refractivity contribution in [3.63, 3.8) is 0 Å². The Morgan fingerprint density at radius 1 is 1.11 bits per heavy atom. The molecule has 2 aliphatic rings. The van der Waals surface area contributed by atoms with E-state index in [1.165, 1.54) is 57.8 Å². The molecular weight excluding hydrogens is 216 g/mol. The fourth-order valence-electron chi connectivity index (χ4n) is 4.38. The van der Waals surface area contributed by atoms with E-state index in [2.05, 4.69) is 26.8 Å². The van der Waals surface area contributed by atoms with Crippen molar-refractivity contribution in [3.8, 4) is 0 Å². The Hall–Kier alpha value is -0.260. The van der Waals surface area contributed by atoms with E-state index in [9.17, 15) is 0 Å². The molecule has 0 aliphatic heterocycles. The summed E-state index contributed by atoms with van der Waals surface area (Å²) in [6.45, 7) is 7.23. The predicted octanol–water partition coefficient (Wildman–Crippen LogP) is 5.98. The molecule has 0 N–H and O–H groups in total. The highest BCUT2D eigenvalue weighted by Gasteiger charge is 2.28. The average Bonchev–Trinajstić information content (AvgIpc) is 2.90. The smallest absolute Gasteiger partial charge is 0.0177 e. The minimum absolute atomic E-state index is 0.884. The van der Waals surface area contributed by atoms with Gasteiger partial charge in [0.25, 0.3) is 0 Å². The highest BCUT2D eigenvalue weighted by atomic mass is 14.3. The Balaban J connectivity index is 1.93. The number of rotatable bonds is 5. The molecule has 3 unspecified atom stereocenters. The summed E-state index contributed by atoms with van der Waals surface area (Å²) in [6, 6.07) is 0. The van der Waals surface area contributed by atoms with Gasteiger partial charge in [-0.15, -0.1) is 0 Å². The summed E-state index contributed by atoms with van der Waals surface area (Å²) in [5.74, 6) is 3.78. The van der Waals surface area contributed by atoms with Crippen LogP contribution in [0.4, 0.5) is 0 Å². The van der Waals surface area contributed by atoms with Crippen molar-refractivity contribution in [2.24, 2.45) is 23.7 Å². The average molecular weight is 248 g/mol. The third-order valence-electron chi connectivity index (χ3n) is 5.57. The van der Waals surface area contributed by atoms with Crippen LogP contribution in [0.25, 0.3) is 0 Å². The van der Waals surface area contributed by atoms with Gasteiger partial charge in [-0.25, -0.2) is 0 Å². The van der Waals surface area contributed by atoms with Gasteiger partial charge < -0.3 is 0 Å². The summed E-state index contributed by atoms with van der Waals surface area (Å²) >= 11 is 0. The largest absolute Gasteiger partial charge is 0.0819 e. The van der Waals surface area contributed by atoms with Gasteiger partial charge in [0.15, 0.2) is 0 Å². The van der Waals surface area contributed by atoms with Crippen LogP contribution in [0.3, 0.4) is 0 Å². The van der Waals surface area contributed by atoms with Crippen LogP contribution >= 0.6 is 0 Å². The first-order valence-electron chi connectivity index (χ1n) is 8.45. The van der Waals surface area contributed by atoms with Crippen molar-refractivity contribution in [2.75, 3.05) is 0 Å². The lowest BCUT2D eigenvalue weighted by molar-refractivity contribution is 0.275. The number of allylic oxidation sites excluding steroid dienone is 2. The topological polar surface area (TPSA) is 0 Å². The van der Waals surface area contributed by atoms with Crippen LogP contribution in [-0.2, 0) is 0 Å². The molecule has 1 fully saturated rings. The van der Waals surface area contributed by atoms with Gasteiger partial charge in [0, 0.05) is 0 Å². The zero-order chi connectivity index (χ0) is 13.0. The van der Waals surface area contributed by atoms with Crippen LogP contribution in [-0.4, -0.2) is 0 Å². The third kappa shape index (κ3) is 3.39. The predicted molar refractivity (Wildman–Crippen MR) is 80.6 cm³/mol. The molecule has 0 bridgehead atoms. The number of hydrogen-bond acceptors (Lipinski definition) is 0. The van der Waals surface area contributed by atoms with Crippen LogP contribution in [0.2, 0.25) is 0 Å². The highest BCUT2D eigenvalue weighted by Crippen LogP contribution is 2.40. The molecule has 2 aliphatic carbocycles. The van der Waals surface area contributed by atoms with Crippen LogP contribution < -0.4 is 0 Å². The van der Waals surface area contributed by atoms with Crippen molar-refractivity contribution in [1.29, 1.82) is 0 Å². The summed E-state index contributed by atoms with van der Waals surface area (Å²) < 4.78 is 0. The fourth-order valence-corrected chi connectivity index (χ4v) is 4.38. The lowest BCUT2D eigenvalue weighted by atomic mass is 9.72. The summed E-state index contributed by atoms with van der Waals surface area (Å²) in [5, 5.41) is 0. The van der Waals surface area contributed by atoms with Gasteiger partial charge in [0.1, 0.15) is 0 Å². The van der Waals surface area contributed by atoms with E-state index in [1.54, 1.807) is 5.57 Å². The molecule has 3 atom stereocenters. The molecule has 0 radical (unpaired) electrons. The molecular formula is C18H32. The van der Waals surface area contributed by atoms with Gasteiger partial charge in [0.05, 0.1) is 0 Å². The molecule has 0 spiro atoms. The maximum Gasteiger partial charge on any atom is -0.0177 e. The molecule has 0 saturated heterocycles. The first-order chi connectivity index (χ1) is 8.74. The molecule has 0 aromatic carbocycles. The van der Waals surface area contributed by atoms with Gasteiger partial charge in [-0.05, 0) is 55.8 Å². The van der Waals surface area contributed by atoms with Gasteiger partial charge in [-0.1, -0.05) is 58.1 Å². The van der Waals surface area contributed by atoms with E-state index in [0.29, 0.717) is 0 Å². The minimum Gasteiger partial charge on any atom is -0.0819 e. The van der Waals surface area contributed by atoms with Crippen LogP contribution in [0.5, 0.6) is 0 Å².